The molecule has 0 aliphatic carbocycles. The van der Waals surface area contributed by atoms with Gasteiger partial charge in [0, 0.05) is 33.1 Å². The average Bonchev–Trinajstić information content (AvgIpc) is 3.30. The summed E-state index contributed by atoms with van der Waals surface area (Å²) in [4.78, 5) is 15.0. The van der Waals surface area contributed by atoms with Crippen molar-refractivity contribution in [3.63, 3.8) is 0 Å². The Kier molecular flexibility index (Phi) is 4.80. The van der Waals surface area contributed by atoms with E-state index < -0.39 is 15.4 Å². The number of nitrogens with zero attached hydrogens (tertiary/aromatic N) is 4. The third-order valence-corrected chi connectivity index (χ3v) is 8.18. The maximum atomic E-state index is 12.9. The molecule has 1 aromatic heterocycles. The van der Waals surface area contributed by atoms with E-state index in [0.717, 1.165) is 19.6 Å². The van der Waals surface area contributed by atoms with Gasteiger partial charge in [0.2, 0.25) is 0 Å². The van der Waals surface area contributed by atoms with Gasteiger partial charge in [0.05, 0.1) is 11.1 Å². The molecule has 0 aromatic carbocycles. The molecule has 0 saturated carbocycles. The monoisotopic (exact) mass is 396 g/mol. The van der Waals surface area contributed by atoms with E-state index in [1.165, 1.54) is 21.8 Å². The van der Waals surface area contributed by atoms with Crippen molar-refractivity contribution < 1.29 is 17.9 Å². The Morgan fingerprint density at radius 2 is 1.89 bits per heavy atom. The highest BCUT2D eigenvalue weighted by Crippen LogP contribution is 2.44. The molecule has 1 aromatic rings. The maximum Gasteiger partial charge on any atom is 0.312 e. The quantitative estimate of drug-likeness (QED) is 0.704. The molecule has 150 valence electrons. The first-order valence-electron chi connectivity index (χ1n) is 9.74. The third kappa shape index (κ3) is 3.40. The number of hydrogen-bond acceptors (Lipinski definition) is 6. The Hall–Kier alpha value is -1.45. The van der Waals surface area contributed by atoms with Crippen LogP contribution in [0, 0.1) is 12.3 Å². The van der Waals surface area contributed by atoms with Crippen molar-refractivity contribution in [2.24, 2.45) is 12.5 Å². The van der Waals surface area contributed by atoms with Gasteiger partial charge in [-0.15, -0.1) is 0 Å². The molecule has 1 unspecified atom stereocenters. The Morgan fingerprint density at radius 1 is 1.22 bits per heavy atom. The number of rotatable bonds is 4. The number of ether oxygens (including phenoxy) is 1. The molecule has 0 radical (unpaired) electrons. The van der Waals surface area contributed by atoms with Crippen molar-refractivity contribution in [2.75, 3.05) is 32.7 Å². The predicted molar refractivity (Wildman–Crippen MR) is 98.5 cm³/mol. The van der Waals surface area contributed by atoms with Gasteiger partial charge in [0.25, 0.3) is 10.0 Å². The van der Waals surface area contributed by atoms with Crippen LogP contribution in [-0.2, 0) is 26.6 Å². The summed E-state index contributed by atoms with van der Waals surface area (Å²) in [6.45, 7) is 5.44. The summed E-state index contributed by atoms with van der Waals surface area (Å²) in [7, 11) is -1.95. The van der Waals surface area contributed by atoms with Crippen LogP contribution in [0.15, 0.2) is 11.1 Å². The van der Waals surface area contributed by atoms with E-state index in [1.54, 1.807) is 20.0 Å². The minimum Gasteiger partial charge on any atom is -0.461 e. The second-order valence-corrected chi connectivity index (χ2v) is 10.1. The van der Waals surface area contributed by atoms with Gasteiger partial charge in [-0.3, -0.25) is 14.4 Å². The van der Waals surface area contributed by atoms with E-state index in [0.29, 0.717) is 38.0 Å². The van der Waals surface area contributed by atoms with Gasteiger partial charge in [-0.1, -0.05) is 0 Å². The first kappa shape index (κ1) is 18.9. The van der Waals surface area contributed by atoms with Crippen molar-refractivity contribution in [3.8, 4) is 0 Å². The number of cyclic esters (lactones) is 1. The fourth-order valence-corrected chi connectivity index (χ4v) is 6.34. The van der Waals surface area contributed by atoms with Gasteiger partial charge >= 0.3 is 5.97 Å². The Labute approximate surface area is 160 Å². The molecule has 4 heterocycles. The highest BCUT2D eigenvalue weighted by atomic mass is 32.2. The van der Waals surface area contributed by atoms with E-state index in [2.05, 4.69) is 10.00 Å². The second-order valence-electron chi connectivity index (χ2n) is 8.17. The molecule has 1 atom stereocenters. The van der Waals surface area contributed by atoms with Crippen LogP contribution in [0.5, 0.6) is 0 Å². The molecule has 1 spiro atoms. The van der Waals surface area contributed by atoms with Crippen LogP contribution in [0.2, 0.25) is 0 Å². The van der Waals surface area contributed by atoms with E-state index in [9.17, 15) is 13.2 Å². The topological polar surface area (TPSA) is 84.7 Å². The van der Waals surface area contributed by atoms with Gasteiger partial charge in [-0.05, 0) is 51.8 Å². The van der Waals surface area contributed by atoms with Crippen molar-refractivity contribution >= 4 is 16.0 Å². The zero-order valence-corrected chi connectivity index (χ0v) is 16.9. The zero-order valence-electron chi connectivity index (χ0n) is 16.1. The summed E-state index contributed by atoms with van der Waals surface area (Å²) in [5.74, 6) is -0.139. The summed E-state index contributed by atoms with van der Waals surface area (Å²) >= 11 is 0. The molecule has 0 amide bonds. The molecular formula is C18H28N4O4S. The average molecular weight is 397 g/mol. The minimum absolute atomic E-state index is 0.0570. The van der Waals surface area contributed by atoms with Crippen LogP contribution in [0.1, 0.15) is 37.8 Å². The number of sulfonamides is 1. The number of aromatic nitrogens is 2. The highest BCUT2D eigenvalue weighted by Gasteiger charge is 2.52. The fourth-order valence-electron chi connectivity index (χ4n) is 4.72. The molecule has 3 saturated heterocycles. The number of piperidine rings is 1. The molecular weight excluding hydrogens is 368 g/mol. The summed E-state index contributed by atoms with van der Waals surface area (Å²) in [5, 5.41) is 4.35. The lowest BCUT2D eigenvalue weighted by Gasteiger charge is -2.35. The normalized spacial score (nSPS) is 26.7. The Bertz CT molecular complexity index is 820. The molecule has 9 heteroatoms. The number of likely N-dealkylation sites (tertiary alicyclic amines) is 1. The Morgan fingerprint density at radius 3 is 2.48 bits per heavy atom. The predicted octanol–water partition coefficient (Wildman–Crippen LogP) is 0.911. The molecule has 3 fully saturated rings. The lowest BCUT2D eigenvalue weighted by molar-refractivity contribution is -0.150. The SMILES string of the molecule is Cc1cc(S(=O)(=O)N2CCC3(CC2)CC(CN2CCCC2)OC3=O)n(C)n1. The highest BCUT2D eigenvalue weighted by molar-refractivity contribution is 7.89. The van der Waals surface area contributed by atoms with Crippen LogP contribution in [0.25, 0.3) is 0 Å². The smallest absolute Gasteiger partial charge is 0.312 e. The van der Waals surface area contributed by atoms with Crippen molar-refractivity contribution in [2.45, 2.75) is 50.2 Å². The molecule has 3 aliphatic heterocycles. The summed E-state index contributed by atoms with van der Waals surface area (Å²) < 4.78 is 34.5. The van der Waals surface area contributed by atoms with E-state index in [1.807, 2.05) is 0 Å². The van der Waals surface area contributed by atoms with Gasteiger partial charge in [0.1, 0.15) is 6.10 Å². The summed E-state index contributed by atoms with van der Waals surface area (Å²) in [6, 6.07) is 1.59. The van der Waals surface area contributed by atoms with Crippen LogP contribution in [0.4, 0.5) is 0 Å². The van der Waals surface area contributed by atoms with Crippen molar-refractivity contribution in [3.05, 3.63) is 11.8 Å². The maximum absolute atomic E-state index is 12.9. The van der Waals surface area contributed by atoms with Gasteiger partial charge in [0.15, 0.2) is 5.03 Å². The number of carbonyl (C=O) groups is 1. The fraction of sp³-hybridized carbons (Fsp3) is 0.778. The Balaban J connectivity index is 1.42. The lowest BCUT2D eigenvalue weighted by atomic mass is 9.76. The molecule has 3 aliphatic rings. The molecule has 0 N–H and O–H groups in total. The molecule has 8 nitrogen and oxygen atoms in total. The minimum atomic E-state index is -3.59. The van der Waals surface area contributed by atoms with E-state index >= 15 is 0 Å². The molecule has 27 heavy (non-hydrogen) atoms. The molecule has 0 bridgehead atoms. The summed E-state index contributed by atoms with van der Waals surface area (Å²) in [5.41, 5.74) is 0.160. The first-order chi connectivity index (χ1) is 12.8. The van der Waals surface area contributed by atoms with Gasteiger partial charge < -0.3 is 4.74 Å². The van der Waals surface area contributed by atoms with Gasteiger partial charge in [-0.2, -0.15) is 9.40 Å². The van der Waals surface area contributed by atoms with Crippen LogP contribution >= 0.6 is 0 Å². The number of hydrogen-bond donors (Lipinski definition) is 0. The van der Waals surface area contributed by atoms with E-state index in [4.69, 9.17) is 4.74 Å². The van der Waals surface area contributed by atoms with Gasteiger partial charge in [-0.25, -0.2) is 8.42 Å². The van der Waals surface area contributed by atoms with Crippen LogP contribution in [-0.4, -0.2) is 72.2 Å². The second kappa shape index (κ2) is 6.86. The number of carbonyl (C=O) groups excluding carboxylic acids is 1. The van der Waals surface area contributed by atoms with Crippen LogP contribution in [0.3, 0.4) is 0 Å². The number of esters is 1. The van der Waals surface area contributed by atoms with Crippen LogP contribution < -0.4 is 0 Å². The standard InChI is InChI=1S/C18H28N4O4S/c1-14-11-16(20(2)19-14)27(24,25)22-9-5-18(6-10-22)12-15(26-17(18)23)13-21-7-3-4-8-21/h11,15H,3-10,12-13H2,1-2H3. The first-order valence-corrected chi connectivity index (χ1v) is 11.2. The largest absolute Gasteiger partial charge is 0.461 e. The van der Waals surface area contributed by atoms with Crippen molar-refractivity contribution in [1.82, 2.24) is 19.0 Å². The number of aryl methyl sites for hydroxylation is 2. The summed E-state index contributed by atoms with van der Waals surface area (Å²) in [6.07, 6.45) is 4.13. The third-order valence-electron chi connectivity index (χ3n) is 6.23. The van der Waals surface area contributed by atoms with E-state index in [-0.39, 0.29) is 17.1 Å². The lowest BCUT2D eigenvalue weighted by Crippen LogP contribution is -2.45. The zero-order chi connectivity index (χ0) is 19.2. The van der Waals surface area contributed by atoms with Crippen molar-refractivity contribution in [1.29, 1.82) is 0 Å². The molecule has 4 rings (SSSR count).